The maximum atomic E-state index is 12.1. The summed E-state index contributed by atoms with van der Waals surface area (Å²) in [4.78, 5) is 3.81. The van der Waals surface area contributed by atoms with E-state index in [0.29, 0.717) is 6.54 Å². The average molecular weight is 297 g/mol. The first-order valence-electron chi connectivity index (χ1n) is 6.01. The zero-order chi connectivity index (χ0) is 14.4. The van der Waals surface area contributed by atoms with E-state index in [1.165, 1.54) is 24.8 Å². The van der Waals surface area contributed by atoms with Gasteiger partial charge in [0.15, 0.2) is 0 Å². The third-order valence-corrected chi connectivity index (χ3v) is 3.68. The molecule has 9 nitrogen and oxygen atoms in total. The average Bonchev–Trinajstić information content (AvgIpc) is 2.89. The number of sulfonamides is 1. The normalized spacial score (nSPS) is 11.4. The Labute approximate surface area is 116 Å². The second-order valence-corrected chi connectivity index (χ2v) is 5.55. The molecule has 2 N–H and O–H groups in total. The van der Waals surface area contributed by atoms with E-state index in [4.69, 9.17) is 0 Å². The van der Waals surface area contributed by atoms with E-state index < -0.39 is 10.0 Å². The second kappa shape index (κ2) is 6.39. The molecule has 0 aliphatic rings. The van der Waals surface area contributed by atoms with Gasteiger partial charge in [0.05, 0.1) is 25.1 Å². The van der Waals surface area contributed by atoms with Gasteiger partial charge in [-0.1, -0.05) is 6.92 Å². The van der Waals surface area contributed by atoms with Crippen LogP contribution < -0.4 is 10.0 Å². The molecule has 0 bridgehead atoms. The van der Waals surface area contributed by atoms with E-state index in [1.807, 2.05) is 6.92 Å². The Kier molecular flexibility index (Phi) is 4.58. The van der Waals surface area contributed by atoms with Gasteiger partial charge < -0.3 is 5.32 Å². The summed E-state index contributed by atoms with van der Waals surface area (Å²) >= 11 is 0. The molecule has 0 atom stereocenters. The zero-order valence-electron chi connectivity index (χ0n) is 10.9. The molecule has 0 radical (unpaired) electrons. The van der Waals surface area contributed by atoms with Crippen LogP contribution in [0.3, 0.4) is 0 Å². The molecule has 0 saturated carbocycles. The van der Waals surface area contributed by atoms with Crippen LogP contribution in [0.5, 0.6) is 0 Å². The maximum absolute atomic E-state index is 12.1. The quantitative estimate of drug-likeness (QED) is 0.661. The van der Waals surface area contributed by atoms with Gasteiger partial charge in [-0.15, -0.1) is 5.10 Å². The molecule has 2 heterocycles. The molecular weight excluding hydrogens is 282 g/mol. The monoisotopic (exact) mass is 297 g/mol. The van der Waals surface area contributed by atoms with Crippen molar-refractivity contribution < 1.29 is 8.42 Å². The topological polar surface area (TPSA) is 115 Å². The number of rotatable bonds is 7. The predicted molar refractivity (Wildman–Crippen MR) is 71.4 cm³/mol. The summed E-state index contributed by atoms with van der Waals surface area (Å²) in [6, 6.07) is 0. The molecule has 0 aliphatic carbocycles. The molecule has 20 heavy (non-hydrogen) atoms. The number of nitrogens with one attached hydrogen (secondary N) is 2. The van der Waals surface area contributed by atoms with Crippen molar-refractivity contribution in [2.45, 2.75) is 18.4 Å². The lowest BCUT2D eigenvalue weighted by molar-refractivity contribution is 0.564. The molecular formula is C10H15N7O2S. The van der Waals surface area contributed by atoms with Gasteiger partial charge in [0.1, 0.15) is 4.90 Å². The smallest absolute Gasteiger partial charge is 0.267 e. The molecule has 10 heteroatoms. The lowest BCUT2D eigenvalue weighted by Gasteiger charge is -2.03. The van der Waals surface area contributed by atoms with E-state index in [1.54, 1.807) is 4.68 Å². The molecule has 108 valence electrons. The Morgan fingerprint density at radius 1 is 1.35 bits per heavy atom. The van der Waals surface area contributed by atoms with Gasteiger partial charge in [-0.2, -0.15) is 10.2 Å². The van der Waals surface area contributed by atoms with E-state index in [2.05, 4.69) is 30.3 Å². The summed E-state index contributed by atoms with van der Waals surface area (Å²) in [5.74, 6) is -0.0760. The van der Waals surface area contributed by atoms with Crippen molar-refractivity contribution in [1.82, 2.24) is 30.3 Å². The van der Waals surface area contributed by atoms with Gasteiger partial charge in [-0.3, -0.25) is 4.68 Å². The fourth-order valence-corrected chi connectivity index (χ4v) is 2.35. The number of hydrogen-bond acceptors (Lipinski definition) is 7. The van der Waals surface area contributed by atoms with Crippen LogP contribution in [0, 0.1) is 0 Å². The van der Waals surface area contributed by atoms with Crippen molar-refractivity contribution in [3.63, 3.8) is 0 Å². The van der Waals surface area contributed by atoms with Crippen molar-refractivity contribution >= 4 is 16.0 Å². The van der Waals surface area contributed by atoms with Crippen molar-refractivity contribution in [3.05, 3.63) is 24.8 Å². The lowest BCUT2D eigenvalue weighted by Crippen LogP contribution is -2.19. The summed E-state index contributed by atoms with van der Waals surface area (Å²) in [7, 11) is -3.74. The highest BCUT2D eigenvalue weighted by atomic mass is 32.2. The third-order valence-electron chi connectivity index (χ3n) is 2.40. The van der Waals surface area contributed by atoms with E-state index in [9.17, 15) is 8.42 Å². The Hall–Kier alpha value is -2.07. The van der Waals surface area contributed by atoms with Crippen LogP contribution in [0.2, 0.25) is 0 Å². The van der Waals surface area contributed by atoms with Crippen molar-refractivity contribution in [2.24, 2.45) is 0 Å². The van der Waals surface area contributed by atoms with Crippen LogP contribution >= 0.6 is 0 Å². The first-order valence-corrected chi connectivity index (χ1v) is 7.50. The van der Waals surface area contributed by atoms with Gasteiger partial charge in [0, 0.05) is 12.7 Å². The van der Waals surface area contributed by atoms with E-state index >= 15 is 0 Å². The number of likely N-dealkylation sites (N-methyl/N-ethyl adjacent to an activating group) is 1. The Morgan fingerprint density at radius 3 is 2.90 bits per heavy atom. The third kappa shape index (κ3) is 3.71. The predicted octanol–water partition coefficient (Wildman–Crippen LogP) is -0.522. The van der Waals surface area contributed by atoms with Crippen LogP contribution in [0.25, 0.3) is 0 Å². The minimum absolute atomic E-state index is 0.0569. The molecule has 0 spiro atoms. The molecule has 0 unspecified atom stereocenters. The minimum atomic E-state index is -3.74. The lowest BCUT2D eigenvalue weighted by atomic mass is 10.6. The molecule has 2 aromatic heterocycles. The van der Waals surface area contributed by atoms with E-state index in [-0.39, 0.29) is 10.8 Å². The number of aromatic nitrogens is 5. The van der Waals surface area contributed by atoms with E-state index in [0.717, 1.165) is 13.1 Å². The highest BCUT2D eigenvalue weighted by Crippen LogP contribution is 2.10. The van der Waals surface area contributed by atoms with Crippen LogP contribution in [0.1, 0.15) is 6.92 Å². The van der Waals surface area contributed by atoms with Gasteiger partial charge in [0.2, 0.25) is 0 Å². The van der Waals surface area contributed by atoms with Crippen molar-refractivity contribution in [3.8, 4) is 0 Å². The standard InChI is InChI=1S/C10H15N7O2S/c1-2-11-5-6-17-8-9(7-14-17)20(18,19)16-10-12-3-4-13-15-10/h3-4,7-8,11H,2,5-6H2,1H3,(H,12,15,16). The highest BCUT2D eigenvalue weighted by molar-refractivity contribution is 7.92. The number of nitrogens with zero attached hydrogens (tertiary/aromatic N) is 5. The second-order valence-electron chi connectivity index (χ2n) is 3.86. The zero-order valence-corrected chi connectivity index (χ0v) is 11.7. The molecule has 0 aromatic carbocycles. The summed E-state index contributed by atoms with van der Waals surface area (Å²) < 4.78 is 27.9. The molecule has 0 fully saturated rings. The molecule has 2 aromatic rings. The first-order chi connectivity index (χ1) is 9.62. The van der Waals surface area contributed by atoms with Gasteiger partial charge in [0.25, 0.3) is 16.0 Å². The number of hydrogen-bond donors (Lipinski definition) is 2. The summed E-state index contributed by atoms with van der Waals surface area (Å²) in [6.45, 7) is 4.16. The largest absolute Gasteiger partial charge is 0.315 e. The molecule has 0 amide bonds. The van der Waals surface area contributed by atoms with Crippen LogP contribution in [-0.2, 0) is 16.6 Å². The number of anilines is 1. The SMILES string of the molecule is CCNCCn1cc(S(=O)(=O)Nc2nccnn2)cn1. The Bertz CT molecular complexity index is 641. The van der Waals surface area contributed by atoms with Crippen LogP contribution in [0.4, 0.5) is 5.95 Å². The summed E-state index contributed by atoms with van der Waals surface area (Å²) in [6.07, 6.45) is 5.45. The maximum Gasteiger partial charge on any atom is 0.267 e. The van der Waals surface area contributed by atoms with Crippen LogP contribution in [-0.4, -0.2) is 46.5 Å². The first kappa shape index (κ1) is 14.3. The molecule has 0 saturated heterocycles. The fraction of sp³-hybridized carbons (Fsp3) is 0.400. The Morgan fingerprint density at radius 2 is 2.20 bits per heavy atom. The van der Waals surface area contributed by atoms with Gasteiger partial charge >= 0.3 is 0 Å². The van der Waals surface area contributed by atoms with Gasteiger partial charge in [-0.05, 0) is 6.54 Å². The summed E-state index contributed by atoms with van der Waals surface area (Å²) in [5, 5.41) is 14.2. The molecule has 2 rings (SSSR count). The van der Waals surface area contributed by atoms with Crippen LogP contribution in [0.15, 0.2) is 29.7 Å². The summed E-state index contributed by atoms with van der Waals surface area (Å²) in [5.41, 5.74) is 0. The fourth-order valence-electron chi connectivity index (χ4n) is 1.45. The Balaban J connectivity index is 2.06. The minimum Gasteiger partial charge on any atom is -0.315 e. The van der Waals surface area contributed by atoms with Crippen molar-refractivity contribution in [2.75, 3.05) is 17.8 Å². The van der Waals surface area contributed by atoms with Gasteiger partial charge in [-0.25, -0.2) is 18.1 Å². The van der Waals surface area contributed by atoms with Crippen molar-refractivity contribution in [1.29, 1.82) is 0 Å². The molecule has 0 aliphatic heterocycles. The highest BCUT2D eigenvalue weighted by Gasteiger charge is 2.17.